The fraction of sp³-hybridized carbons (Fsp3) is 0.667. The first-order valence-electron chi connectivity index (χ1n) is 9.26. The second-order valence-corrected chi connectivity index (χ2v) is 7.89. The van der Waals surface area contributed by atoms with Crippen molar-refractivity contribution >= 4 is 11.6 Å². The Labute approximate surface area is 156 Å². The number of halogens is 2. The fourth-order valence-electron chi connectivity index (χ4n) is 4.04. The first-order valence-corrected chi connectivity index (χ1v) is 9.26. The summed E-state index contributed by atoms with van der Waals surface area (Å²) in [4.78, 5) is 28.9. The molecule has 1 amide bonds. The predicted molar refractivity (Wildman–Crippen MR) is 93.3 cm³/mol. The summed E-state index contributed by atoms with van der Waals surface area (Å²) >= 11 is 0. The SMILES string of the molecule is Cc1cncc(CN2CCCC3(CC(C(=O)NC4CC(F)(F)C4)=NO3)C2)n1. The van der Waals surface area contributed by atoms with Crippen LogP contribution in [0.2, 0.25) is 0 Å². The highest BCUT2D eigenvalue weighted by Crippen LogP contribution is 2.38. The Bertz CT molecular complexity index is 764. The molecule has 0 radical (unpaired) electrons. The second-order valence-electron chi connectivity index (χ2n) is 7.89. The monoisotopic (exact) mass is 379 g/mol. The van der Waals surface area contributed by atoms with Crippen LogP contribution in [-0.2, 0) is 16.2 Å². The van der Waals surface area contributed by atoms with E-state index in [2.05, 4.69) is 25.3 Å². The minimum Gasteiger partial charge on any atom is -0.387 e. The molecule has 1 spiro atoms. The molecule has 2 fully saturated rings. The number of piperidine rings is 1. The molecule has 3 aliphatic rings. The normalized spacial score (nSPS) is 27.7. The molecule has 1 unspecified atom stereocenters. The number of carbonyl (C=O) groups excluding carboxylic acids is 1. The van der Waals surface area contributed by atoms with Crippen molar-refractivity contribution in [3.8, 4) is 0 Å². The van der Waals surface area contributed by atoms with Gasteiger partial charge in [0.1, 0.15) is 5.71 Å². The maximum atomic E-state index is 12.9. The van der Waals surface area contributed by atoms with E-state index in [0.717, 1.165) is 30.8 Å². The lowest BCUT2D eigenvalue weighted by Crippen LogP contribution is -2.53. The first kappa shape index (κ1) is 18.2. The maximum Gasteiger partial charge on any atom is 0.269 e. The number of hydrogen-bond donors (Lipinski definition) is 1. The molecule has 1 N–H and O–H groups in total. The molecular weight excluding hydrogens is 356 g/mol. The van der Waals surface area contributed by atoms with Gasteiger partial charge in [-0.15, -0.1) is 0 Å². The molecule has 27 heavy (non-hydrogen) atoms. The smallest absolute Gasteiger partial charge is 0.269 e. The molecule has 0 aromatic carbocycles. The highest BCUT2D eigenvalue weighted by Gasteiger charge is 2.48. The van der Waals surface area contributed by atoms with E-state index in [0.29, 0.717) is 25.2 Å². The molecule has 0 bridgehead atoms. The minimum absolute atomic E-state index is 0.294. The molecule has 7 nitrogen and oxygen atoms in total. The van der Waals surface area contributed by atoms with Gasteiger partial charge in [-0.1, -0.05) is 5.16 Å². The Morgan fingerprint density at radius 1 is 1.41 bits per heavy atom. The number of carbonyl (C=O) groups is 1. The van der Waals surface area contributed by atoms with Crippen LogP contribution >= 0.6 is 0 Å². The number of nitrogens with zero attached hydrogens (tertiary/aromatic N) is 4. The van der Waals surface area contributed by atoms with Crippen molar-refractivity contribution in [1.29, 1.82) is 0 Å². The number of aromatic nitrogens is 2. The van der Waals surface area contributed by atoms with Gasteiger partial charge in [-0.3, -0.25) is 19.7 Å². The lowest BCUT2D eigenvalue weighted by molar-refractivity contribution is -0.123. The lowest BCUT2D eigenvalue weighted by Gasteiger charge is -2.38. The van der Waals surface area contributed by atoms with E-state index in [1.54, 1.807) is 12.4 Å². The van der Waals surface area contributed by atoms with Gasteiger partial charge in [0.05, 0.1) is 11.4 Å². The number of alkyl halides is 2. The molecule has 1 saturated heterocycles. The Morgan fingerprint density at radius 3 is 2.96 bits per heavy atom. The molecule has 1 saturated carbocycles. The molecule has 3 heterocycles. The Balaban J connectivity index is 1.32. The number of amides is 1. The van der Waals surface area contributed by atoms with E-state index in [1.807, 2.05) is 6.92 Å². The summed E-state index contributed by atoms with van der Waals surface area (Å²) in [5.74, 6) is -3.05. The molecule has 146 valence electrons. The highest BCUT2D eigenvalue weighted by molar-refractivity contribution is 6.39. The lowest BCUT2D eigenvalue weighted by atomic mass is 9.86. The number of oxime groups is 1. The van der Waals surface area contributed by atoms with Crippen molar-refractivity contribution in [1.82, 2.24) is 20.2 Å². The maximum absolute atomic E-state index is 12.9. The average molecular weight is 379 g/mol. The Morgan fingerprint density at radius 2 is 2.22 bits per heavy atom. The summed E-state index contributed by atoms with van der Waals surface area (Å²) in [6.45, 7) is 4.13. The number of hydrogen-bond acceptors (Lipinski definition) is 6. The third-order valence-corrected chi connectivity index (χ3v) is 5.34. The van der Waals surface area contributed by atoms with Crippen LogP contribution in [0.15, 0.2) is 17.5 Å². The zero-order chi connectivity index (χ0) is 19.1. The first-order chi connectivity index (χ1) is 12.8. The van der Waals surface area contributed by atoms with Gasteiger partial charge >= 0.3 is 0 Å². The van der Waals surface area contributed by atoms with Crippen molar-refractivity contribution < 1.29 is 18.4 Å². The van der Waals surface area contributed by atoms with E-state index in [9.17, 15) is 13.6 Å². The van der Waals surface area contributed by atoms with Crippen LogP contribution in [0.5, 0.6) is 0 Å². The standard InChI is InChI=1S/C18H23F2N5O2/c1-12-8-21-9-14(22-12)10-25-4-2-3-17(11-25)7-15(24-27-17)16(26)23-13-5-18(19,20)6-13/h8-9,13H,2-7,10-11H2,1H3,(H,23,26). The number of nitrogens with one attached hydrogen (secondary N) is 1. The summed E-state index contributed by atoms with van der Waals surface area (Å²) < 4.78 is 25.9. The largest absolute Gasteiger partial charge is 0.387 e. The molecule has 1 aliphatic carbocycles. The second kappa shape index (κ2) is 6.78. The summed E-state index contributed by atoms with van der Waals surface area (Å²) in [7, 11) is 0. The van der Waals surface area contributed by atoms with E-state index in [1.165, 1.54) is 0 Å². The van der Waals surface area contributed by atoms with Crippen molar-refractivity contribution in [3.05, 3.63) is 23.8 Å². The molecule has 1 aromatic rings. The van der Waals surface area contributed by atoms with Crippen LogP contribution in [0, 0.1) is 6.92 Å². The number of likely N-dealkylation sites (tertiary alicyclic amines) is 1. The third kappa shape index (κ3) is 4.07. The van der Waals surface area contributed by atoms with Gasteiger partial charge in [0.2, 0.25) is 0 Å². The number of rotatable bonds is 4. The quantitative estimate of drug-likeness (QED) is 0.863. The summed E-state index contributed by atoms with van der Waals surface area (Å²) in [5.41, 5.74) is 1.54. The van der Waals surface area contributed by atoms with E-state index >= 15 is 0 Å². The Hall–Kier alpha value is -2.16. The van der Waals surface area contributed by atoms with Gasteiger partial charge in [-0.2, -0.15) is 0 Å². The van der Waals surface area contributed by atoms with E-state index in [4.69, 9.17) is 4.84 Å². The Kier molecular flexibility index (Phi) is 4.57. The molecule has 9 heteroatoms. The molecule has 1 aromatic heterocycles. The minimum atomic E-state index is -2.66. The van der Waals surface area contributed by atoms with Gasteiger partial charge in [0.15, 0.2) is 5.60 Å². The predicted octanol–water partition coefficient (Wildman–Crippen LogP) is 1.81. The van der Waals surface area contributed by atoms with Gasteiger partial charge in [0, 0.05) is 50.8 Å². The van der Waals surface area contributed by atoms with Crippen LogP contribution < -0.4 is 5.32 Å². The van der Waals surface area contributed by atoms with Crippen LogP contribution in [-0.4, -0.2) is 57.1 Å². The van der Waals surface area contributed by atoms with Crippen molar-refractivity contribution in [2.75, 3.05) is 13.1 Å². The van der Waals surface area contributed by atoms with Crippen molar-refractivity contribution in [2.24, 2.45) is 5.16 Å². The van der Waals surface area contributed by atoms with E-state index in [-0.39, 0.29) is 12.8 Å². The van der Waals surface area contributed by atoms with Crippen molar-refractivity contribution in [2.45, 2.75) is 63.1 Å². The van der Waals surface area contributed by atoms with Gasteiger partial charge in [-0.25, -0.2) is 8.78 Å². The van der Waals surface area contributed by atoms with Crippen LogP contribution in [0.1, 0.15) is 43.5 Å². The van der Waals surface area contributed by atoms with E-state index < -0.39 is 23.5 Å². The van der Waals surface area contributed by atoms with Gasteiger partial charge in [0.25, 0.3) is 11.8 Å². The summed E-state index contributed by atoms with van der Waals surface area (Å²) in [6, 6.07) is -0.477. The highest BCUT2D eigenvalue weighted by atomic mass is 19.3. The van der Waals surface area contributed by atoms with Crippen LogP contribution in [0.4, 0.5) is 8.78 Å². The zero-order valence-corrected chi connectivity index (χ0v) is 15.3. The zero-order valence-electron chi connectivity index (χ0n) is 15.3. The summed E-state index contributed by atoms with van der Waals surface area (Å²) in [6.07, 6.45) is 5.01. The van der Waals surface area contributed by atoms with Gasteiger partial charge < -0.3 is 10.2 Å². The fourth-order valence-corrected chi connectivity index (χ4v) is 4.04. The topological polar surface area (TPSA) is 79.7 Å². The van der Waals surface area contributed by atoms with Crippen molar-refractivity contribution in [3.63, 3.8) is 0 Å². The van der Waals surface area contributed by atoms with Crippen LogP contribution in [0.3, 0.4) is 0 Å². The number of aryl methyl sites for hydroxylation is 1. The molecule has 1 atom stereocenters. The average Bonchev–Trinajstić information content (AvgIpc) is 2.97. The molecular formula is C18H23F2N5O2. The van der Waals surface area contributed by atoms with Gasteiger partial charge in [-0.05, 0) is 26.3 Å². The summed E-state index contributed by atoms with van der Waals surface area (Å²) in [5, 5.41) is 6.61. The third-order valence-electron chi connectivity index (χ3n) is 5.34. The molecule has 2 aliphatic heterocycles. The van der Waals surface area contributed by atoms with Crippen LogP contribution in [0.25, 0.3) is 0 Å². The molecule has 4 rings (SSSR count).